The van der Waals surface area contributed by atoms with Gasteiger partial charge in [0.1, 0.15) is 5.82 Å². The molecular weight excluding hydrogens is 320 g/mol. The number of amides is 2. The third-order valence-electron chi connectivity index (χ3n) is 4.85. The van der Waals surface area contributed by atoms with E-state index in [9.17, 15) is 9.59 Å². The first-order chi connectivity index (χ1) is 11.9. The van der Waals surface area contributed by atoms with Gasteiger partial charge in [-0.3, -0.25) is 14.7 Å². The summed E-state index contributed by atoms with van der Waals surface area (Å²) in [6.07, 6.45) is 4.97. The van der Waals surface area contributed by atoms with Gasteiger partial charge in [0.05, 0.1) is 29.0 Å². The molecule has 3 rings (SSSR count). The van der Waals surface area contributed by atoms with E-state index in [1.54, 1.807) is 4.90 Å². The van der Waals surface area contributed by atoms with Crippen LogP contribution in [0.3, 0.4) is 0 Å². The standard InChI is InChI=1S/C17H24N6O2/c1-9(2)13-5-4-10(3)8-23(13)17(25)16(24)21-12-7-19-15(18)11-6-20-22-14(11)12/h6-7,9-10,13H,4-5,8H2,1-3H3,(H2,18,19)(H,20,22)(H,21,24). The van der Waals surface area contributed by atoms with Gasteiger partial charge in [-0.25, -0.2) is 4.98 Å². The van der Waals surface area contributed by atoms with E-state index in [0.717, 1.165) is 12.8 Å². The van der Waals surface area contributed by atoms with Crippen molar-refractivity contribution in [1.29, 1.82) is 0 Å². The summed E-state index contributed by atoms with van der Waals surface area (Å²) in [5.41, 5.74) is 6.74. The number of hydrogen-bond acceptors (Lipinski definition) is 5. The first-order valence-electron chi connectivity index (χ1n) is 8.58. The lowest BCUT2D eigenvalue weighted by Crippen LogP contribution is -2.52. The van der Waals surface area contributed by atoms with Crippen LogP contribution in [0, 0.1) is 11.8 Å². The molecule has 2 aromatic heterocycles. The van der Waals surface area contributed by atoms with Crippen molar-refractivity contribution in [1.82, 2.24) is 20.1 Å². The van der Waals surface area contributed by atoms with Crippen LogP contribution in [0.4, 0.5) is 11.5 Å². The maximum Gasteiger partial charge on any atom is 0.314 e. The lowest BCUT2D eigenvalue weighted by Gasteiger charge is -2.40. The molecule has 4 N–H and O–H groups in total. The highest BCUT2D eigenvalue weighted by atomic mass is 16.2. The van der Waals surface area contributed by atoms with E-state index < -0.39 is 11.8 Å². The molecule has 1 aliphatic rings. The van der Waals surface area contributed by atoms with Crippen LogP contribution in [0.1, 0.15) is 33.6 Å². The average Bonchev–Trinajstić information content (AvgIpc) is 3.07. The Balaban J connectivity index is 1.80. The van der Waals surface area contributed by atoms with Crippen molar-refractivity contribution in [2.24, 2.45) is 11.8 Å². The van der Waals surface area contributed by atoms with Crippen LogP contribution in [0.5, 0.6) is 0 Å². The summed E-state index contributed by atoms with van der Waals surface area (Å²) in [5.74, 6) is -0.152. The van der Waals surface area contributed by atoms with Crippen molar-refractivity contribution in [3.8, 4) is 0 Å². The summed E-state index contributed by atoms with van der Waals surface area (Å²) in [6, 6.07) is 0.0890. The molecule has 3 heterocycles. The predicted molar refractivity (Wildman–Crippen MR) is 95.7 cm³/mol. The fourth-order valence-corrected chi connectivity index (χ4v) is 3.46. The monoisotopic (exact) mass is 344 g/mol. The minimum atomic E-state index is -0.665. The first kappa shape index (κ1) is 17.2. The number of H-pyrrole nitrogens is 1. The van der Waals surface area contributed by atoms with E-state index in [2.05, 4.69) is 41.3 Å². The molecule has 2 amide bonds. The minimum absolute atomic E-state index is 0.0890. The highest BCUT2D eigenvalue weighted by Crippen LogP contribution is 2.27. The van der Waals surface area contributed by atoms with E-state index in [0.29, 0.717) is 40.8 Å². The molecule has 1 saturated heterocycles. The molecule has 1 aliphatic heterocycles. The maximum atomic E-state index is 12.7. The van der Waals surface area contributed by atoms with Crippen molar-refractivity contribution >= 4 is 34.2 Å². The maximum absolute atomic E-state index is 12.7. The van der Waals surface area contributed by atoms with Gasteiger partial charge in [-0.15, -0.1) is 0 Å². The number of fused-ring (bicyclic) bond motifs is 1. The largest absolute Gasteiger partial charge is 0.383 e. The third-order valence-corrected chi connectivity index (χ3v) is 4.85. The summed E-state index contributed by atoms with van der Waals surface area (Å²) >= 11 is 0. The summed E-state index contributed by atoms with van der Waals surface area (Å²) < 4.78 is 0. The summed E-state index contributed by atoms with van der Waals surface area (Å²) in [5, 5.41) is 9.95. The van der Waals surface area contributed by atoms with Crippen molar-refractivity contribution < 1.29 is 9.59 Å². The van der Waals surface area contributed by atoms with Crippen LogP contribution < -0.4 is 11.1 Å². The van der Waals surface area contributed by atoms with E-state index >= 15 is 0 Å². The zero-order valence-electron chi connectivity index (χ0n) is 14.7. The topological polar surface area (TPSA) is 117 Å². The lowest BCUT2D eigenvalue weighted by atomic mass is 9.88. The third kappa shape index (κ3) is 3.29. The number of aromatic nitrogens is 3. The van der Waals surface area contributed by atoms with Gasteiger partial charge in [-0.05, 0) is 24.7 Å². The Kier molecular flexibility index (Phi) is 4.61. The highest BCUT2D eigenvalue weighted by Gasteiger charge is 2.34. The Labute approximate surface area is 146 Å². The quantitative estimate of drug-likeness (QED) is 0.718. The number of carbonyl (C=O) groups is 2. The Morgan fingerprint density at radius 1 is 1.36 bits per heavy atom. The molecule has 0 aromatic carbocycles. The molecule has 25 heavy (non-hydrogen) atoms. The molecule has 0 saturated carbocycles. The Bertz CT molecular complexity index is 800. The number of pyridine rings is 1. The minimum Gasteiger partial charge on any atom is -0.383 e. The molecule has 8 nitrogen and oxygen atoms in total. The van der Waals surface area contributed by atoms with Gasteiger partial charge >= 0.3 is 11.8 Å². The van der Waals surface area contributed by atoms with Crippen molar-refractivity contribution in [3.05, 3.63) is 12.4 Å². The second-order valence-corrected chi connectivity index (χ2v) is 7.12. The number of nitrogens with two attached hydrogens (primary N) is 1. The van der Waals surface area contributed by atoms with Gasteiger partial charge in [0.15, 0.2) is 0 Å². The second-order valence-electron chi connectivity index (χ2n) is 7.12. The van der Waals surface area contributed by atoms with Crippen LogP contribution in [0.15, 0.2) is 12.4 Å². The Morgan fingerprint density at radius 3 is 2.84 bits per heavy atom. The van der Waals surface area contributed by atoms with Crippen LogP contribution in [-0.4, -0.2) is 44.5 Å². The van der Waals surface area contributed by atoms with Gasteiger partial charge in [0.2, 0.25) is 0 Å². The molecule has 0 radical (unpaired) electrons. The van der Waals surface area contributed by atoms with Crippen LogP contribution >= 0.6 is 0 Å². The molecular formula is C17H24N6O2. The number of carbonyl (C=O) groups excluding carboxylic acids is 2. The SMILES string of the molecule is CC1CCC(C(C)C)N(C(=O)C(=O)Nc2cnc(N)c3cn[nH]c23)C1. The fourth-order valence-electron chi connectivity index (χ4n) is 3.46. The van der Waals surface area contributed by atoms with E-state index in [1.165, 1.54) is 12.4 Å². The van der Waals surface area contributed by atoms with Crippen molar-refractivity contribution in [2.45, 2.75) is 39.7 Å². The number of nitrogens with zero attached hydrogens (tertiary/aromatic N) is 3. The fraction of sp³-hybridized carbons (Fsp3) is 0.529. The predicted octanol–water partition coefficient (Wildman–Crippen LogP) is 1.76. The lowest BCUT2D eigenvalue weighted by molar-refractivity contribution is -0.147. The van der Waals surface area contributed by atoms with E-state index in [-0.39, 0.29) is 6.04 Å². The Hall–Kier alpha value is -2.64. The van der Waals surface area contributed by atoms with Crippen molar-refractivity contribution in [2.75, 3.05) is 17.6 Å². The summed E-state index contributed by atoms with van der Waals surface area (Å²) in [4.78, 5) is 31.0. The molecule has 2 unspecified atom stereocenters. The van der Waals surface area contributed by atoms with Gasteiger partial charge in [0.25, 0.3) is 0 Å². The highest BCUT2D eigenvalue weighted by molar-refractivity contribution is 6.40. The first-order valence-corrected chi connectivity index (χ1v) is 8.58. The van der Waals surface area contributed by atoms with Crippen LogP contribution in [0.2, 0.25) is 0 Å². The molecule has 1 fully saturated rings. The zero-order chi connectivity index (χ0) is 18.1. The summed E-state index contributed by atoms with van der Waals surface area (Å²) in [6.45, 7) is 6.87. The number of rotatable bonds is 2. The van der Waals surface area contributed by atoms with Gasteiger partial charge < -0.3 is 16.0 Å². The number of likely N-dealkylation sites (tertiary alicyclic amines) is 1. The van der Waals surface area contributed by atoms with E-state index in [4.69, 9.17) is 5.73 Å². The number of piperidine rings is 1. The number of hydrogen-bond donors (Lipinski definition) is 3. The van der Waals surface area contributed by atoms with Crippen LogP contribution in [0.25, 0.3) is 10.9 Å². The van der Waals surface area contributed by atoms with Gasteiger partial charge in [-0.1, -0.05) is 20.8 Å². The zero-order valence-corrected chi connectivity index (χ0v) is 14.7. The molecule has 0 spiro atoms. The Morgan fingerprint density at radius 2 is 2.12 bits per heavy atom. The van der Waals surface area contributed by atoms with Gasteiger partial charge in [0, 0.05) is 12.6 Å². The molecule has 2 atom stereocenters. The molecule has 0 bridgehead atoms. The normalized spacial score (nSPS) is 20.9. The number of anilines is 2. The van der Waals surface area contributed by atoms with Crippen LogP contribution in [-0.2, 0) is 9.59 Å². The van der Waals surface area contributed by atoms with Gasteiger partial charge in [-0.2, -0.15) is 5.10 Å². The second kappa shape index (κ2) is 6.70. The smallest absolute Gasteiger partial charge is 0.314 e. The molecule has 2 aromatic rings. The van der Waals surface area contributed by atoms with Crippen molar-refractivity contribution in [3.63, 3.8) is 0 Å². The molecule has 134 valence electrons. The number of nitrogen functional groups attached to an aromatic ring is 1. The summed E-state index contributed by atoms with van der Waals surface area (Å²) in [7, 11) is 0. The average molecular weight is 344 g/mol. The number of nitrogens with one attached hydrogen (secondary N) is 2. The molecule has 8 heteroatoms. The molecule has 0 aliphatic carbocycles. The number of aromatic amines is 1. The van der Waals surface area contributed by atoms with E-state index in [1.807, 2.05) is 0 Å².